The summed E-state index contributed by atoms with van der Waals surface area (Å²) in [6.07, 6.45) is 10.2. The summed E-state index contributed by atoms with van der Waals surface area (Å²) in [5.74, 6) is 0. The standard InChI is InChI=1S/C15H15N3O2/c1-3-5-7-13(6-4-2)17-11-12-10-14(18(19)20)8-9-15(12)16-17/h4-11H,2-3H2,1H3/b7-5-,13-6+. The summed E-state index contributed by atoms with van der Waals surface area (Å²) in [6, 6.07) is 4.63. The van der Waals surface area contributed by atoms with Crippen LogP contribution in [0.3, 0.4) is 0 Å². The molecule has 0 saturated heterocycles. The fourth-order valence-electron chi connectivity index (χ4n) is 1.83. The summed E-state index contributed by atoms with van der Waals surface area (Å²) in [5, 5.41) is 15.9. The molecule has 0 aliphatic rings. The molecular formula is C15H15N3O2. The van der Waals surface area contributed by atoms with Gasteiger partial charge in [-0.2, -0.15) is 5.10 Å². The van der Waals surface area contributed by atoms with Crippen LogP contribution in [-0.4, -0.2) is 14.7 Å². The van der Waals surface area contributed by atoms with Gasteiger partial charge in [-0.3, -0.25) is 10.1 Å². The summed E-state index contributed by atoms with van der Waals surface area (Å²) in [6.45, 7) is 5.73. The van der Waals surface area contributed by atoms with Crippen molar-refractivity contribution in [3.8, 4) is 0 Å². The average Bonchev–Trinajstić information content (AvgIpc) is 2.85. The van der Waals surface area contributed by atoms with Gasteiger partial charge in [0.05, 0.1) is 16.1 Å². The Morgan fingerprint density at radius 3 is 3.00 bits per heavy atom. The largest absolute Gasteiger partial charge is 0.270 e. The fraction of sp³-hybridized carbons (Fsp3) is 0.133. The zero-order chi connectivity index (χ0) is 14.5. The smallest absolute Gasteiger partial charge is 0.258 e. The van der Waals surface area contributed by atoms with E-state index >= 15 is 0 Å². The van der Waals surface area contributed by atoms with Crippen molar-refractivity contribution in [3.05, 3.63) is 65.4 Å². The van der Waals surface area contributed by atoms with Crippen molar-refractivity contribution in [1.29, 1.82) is 0 Å². The molecule has 1 heterocycles. The Balaban J connectivity index is 2.49. The zero-order valence-corrected chi connectivity index (χ0v) is 11.2. The van der Waals surface area contributed by atoms with E-state index in [0.717, 1.165) is 23.0 Å². The molecule has 1 aromatic heterocycles. The van der Waals surface area contributed by atoms with Gasteiger partial charge in [-0.15, -0.1) is 0 Å². The topological polar surface area (TPSA) is 61.0 Å². The molecule has 102 valence electrons. The Morgan fingerprint density at radius 1 is 1.55 bits per heavy atom. The first-order valence-corrected chi connectivity index (χ1v) is 6.29. The minimum Gasteiger partial charge on any atom is -0.258 e. The van der Waals surface area contributed by atoms with E-state index in [-0.39, 0.29) is 5.69 Å². The third-order valence-corrected chi connectivity index (χ3v) is 2.78. The van der Waals surface area contributed by atoms with E-state index in [4.69, 9.17) is 0 Å². The quantitative estimate of drug-likeness (QED) is 0.469. The van der Waals surface area contributed by atoms with E-state index < -0.39 is 4.92 Å². The van der Waals surface area contributed by atoms with Gasteiger partial charge in [-0.25, -0.2) is 4.68 Å². The van der Waals surface area contributed by atoms with E-state index in [2.05, 4.69) is 11.7 Å². The number of rotatable bonds is 5. The first-order chi connectivity index (χ1) is 9.65. The highest BCUT2D eigenvalue weighted by Crippen LogP contribution is 2.21. The molecule has 2 rings (SSSR count). The molecule has 0 spiro atoms. The predicted octanol–water partition coefficient (Wildman–Crippen LogP) is 3.94. The maximum absolute atomic E-state index is 10.8. The molecular weight excluding hydrogens is 254 g/mol. The Hall–Kier alpha value is -2.69. The van der Waals surface area contributed by atoms with Gasteiger partial charge < -0.3 is 0 Å². The van der Waals surface area contributed by atoms with Crippen LogP contribution < -0.4 is 0 Å². The predicted molar refractivity (Wildman–Crippen MR) is 80.3 cm³/mol. The Morgan fingerprint density at radius 2 is 2.35 bits per heavy atom. The summed E-state index contributed by atoms with van der Waals surface area (Å²) >= 11 is 0. The molecule has 0 atom stereocenters. The van der Waals surface area contributed by atoms with Crippen molar-refractivity contribution in [2.45, 2.75) is 13.3 Å². The fourth-order valence-corrected chi connectivity index (χ4v) is 1.83. The van der Waals surface area contributed by atoms with Crippen molar-refractivity contribution in [2.75, 3.05) is 0 Å². The third kappa shape index (κ3) is 2.83. The molecule has 20 heavy (non-hydrogen) atoms. The van der Waals surface area contributed by atoms with E-state index in [9.17, 15) is 10.1 Å². The molecule has 5 heteroatoms. The van der Waals surface area contributed by atoms with Gasteiger partial charge in [-0.1, -0.05) is 25.7 Å². The second kappa shape index (κ2) is 5.97. The number of hydrogen-bond acceptors (Lipinski definition) is 3. The maximum atomic E-state index is 10.8. The SMILES string of the molecule is C=C/C=C(\C=C/CC)n1cc2cc([N+](=O)[O-])ccc2n1. The van der Waals surface area contributed by atoms with E-state index in [1.54, 1.807) is 23.0 Å². The van der Waals surface area contributed by atoms with Crippen LogP contribution in [-0.2, 0) is 0 Å². The molecule has 2 aromatic rings. The third-order valence-electron chi connectivity index (χ3n) is 2.78. The summed E-state index contributed by atoms with van der Waals surface area (Å²) in [4.78, 5) is 10.4. The van der Waals surface area contributed by atoms with Crippen LogP contribution >= 0.6 is 0 Å². The van der Waals surface area contributed by atoms with Crippen LogP contribution in [0.2, 0.25) is 0 Å². The first-order valence-electron chi connectivity index (χ1n) is 6.29. The average molecular weight is 269 g/mol. The number of non-ortho nitro benzene ring substituents is 1. The second-order valence-electron chi connectivity index (χ2n) is 4.21. The zero-order valence-electron chi connectivity index (χ0n) is 11.2. The second-order valence-corrected chi connectivity index (χ2v) is 4.21. The van der Waals surface area contributed by atoms with Gasteiger partial charge in [0.2, 0.25) is 0 Å². The normalized spacial score (nSPS) is 12.2. The van der Waals surface area contributed by atoms with Gasteiger partial charge in [0, 0.05) is 23.7 Å². The van der Waals surface area contributed by atoms with Crippen LogP contribution in [0.4, 0.5) is 5.69 Å². The van der Waals surface area contributed by atoms with Crippen LogP contribution in [0.1, 0.15) is 13.3 Å². The van der Waals surface area contributed by atoms with Gasteiger partial charge in [0.1, 0.15) is 0 Å². The van der Waals surface area contributed by atoms with Gasteiger partial charge in [-0.05, 0) is 24.6 Å². The number of allylic oxidation sites excluding steroid dienone is 5. The number of nitrogens with zero attached hydrogens (tertiary/aromatic N) is 3. The van der Waals surface area contributed by atoms with Crippen molar-refractivity contribution in [1.82, 2.24) is 9.78 Å². The highest BCUT2D eigenvalue weighted by Gasteiger charge is 2.09. The van der Waals surface area contributed by atoms with E-state index in [1.807, 2.05) is 25.2 Å². The highest BCUT2D eigenvalue weighted by atomic mass is 16.6. The van der Waals surface area contributed by atoms with Crippen molar-refractivity contribution < 1.29 is 4.92 Å². The molecule has 0 fully saturated rings. The lowest BCUT2D eigenvalue weighted by Gasteiger charge is -2.00. The minimum atomic E-state index is -0.408. The summed E-state index contributed by atoms with van der Waals surface area (Å²) < 4.78 is 1.70. The summed E-state index contributed by atoms with van der Waals surface area (Å²) in [5.41, 5.74) is 1.64. The Bertz CT molecular complexity index is 711. The molecule has 0 radical (unpaired) electrons. The lowest BCUT2D eigenvalue weighted by molar-refractivity contribution is -0.384. The highest BCUT2D eigenvalue weighted by molar-refractivity contribution is 5.82. The van der Waals surface area contributed by atoms with Crippen LogP contribution in [0.25, 0.3) is 16.6 Å². The van der Waals surface area contributed by atoms with Gasteiger partial charge >= 0.3 is 0 Å². The van der Waals surface area contributed by atoms with Crippen LogP contribution in [0.15, 0.2) is 55.3 Å². The molecule has 0 unspecified atom stereocenters. The van der Waals surface area contributed by atoms with Gasteiger partial charge in [0.25, 0.3) is 5.69 Å². The molecule has 0 amide bonds. The number of aromatic nitrogens is 2. The molecule has 1 aromatic carbocycles. The van der Waals surface area contributed by atoms with Crippen molar-refractivity contribution in [3.63, 3.8) is 0 Å². The van der Waals surface area contributed by atoms with Crippen LogP contribution in [0, 0.1) is 10.1 Å². The lowest BCUT2D eigenvalue weighted by atomic mass is 10.2. The van der Waals surface area contributed by atoms with Gasteiger partial charge in [0.15, 0.2) is 0 Å². The monoisotopic (exact) mass is 269 g/mol. The maximum Gasteiger partial charge on any atom is 0.270 e. The van der Waals surface area contributed by atoms with Crippen molar-refractivity contribution in [2.24, 2.45) is 0 Å². The minimum absolute atomic E-state index is 0.0652. The van der Waals surface area contributed by atoms with E-state index in [1.165, 1.54) is 12.1 Å². The Labute approximate surface area is 116 Å². The number of hydrogen-bond donors (Lipinski definition) is 0. The first kappa shape index (κ1) is 13.7. The molecule has 5 nitrogen and oxygen atoms in total. The Kier molecular flexibility index (Phi) is 4.10. The molecule has 0 N–H and O–H groups in total. The molecule has 0 aliphatic heterocycles. The van der Waals surface area contributed by atoms with E-state index in [0.29, 0.717) is 0 Å². The van der Waals surface area contributed by atoms with Crippen molar-refractivity contribution >= 4 is 22.3 Å². The van der Waals surface area contributed by atoms with Crippen LogP contribution in [0.5, 0.6) is 0 Å². The number of benzene rings is 1. The summed E-state index contributed by atoms with van der Waals surface area (Å²) in [7, 11) is 0. The molecule has 0 saturated carbocycles. The molecule has 0 aliphatic carbocycles. The number of nitro benzene ring substituents is 1. The number of fused-ring (bicyclic) bond motifs is 1. The molecule has 0 bridgehead atoms. The number of nitro groups is 1. The lowest BCUT2D eigenvalue weighted by Crippen LogP contribution is -1.94.